The van der Waals surface area contributed by atoms with Crippen LogP contribution in [-0.4, -0.2) is 41.4 Å². The van der Waals surface area contributed by atoms with Gasteiger partial charge in [0.25, 0.3) is 0 Å². The summed E-state index contributed by atoms with van der Waals surface area (Å²) < 4.78 is 12.9. The molecule has 2 aromatic rings. The number of carbonyl (C=O) groups excluding carboxylic acids is 1. The van der Waals surface area contributed by atoms with E-state index in [1.807, 2.05) is 31.2 Å². The topological polar surface area (TPSA) is 94.5 Å². The third kappa shape index (κ3) is 5.32. The van der Waals surface area contributed by atoms with Crippen LogP contribution in [0, 0.1) is 13.8 Å². The number of hydrogen-bond acceptors (Lipinski definition) is 5. The number of anilines is 1. The summed E-state index contributed by atoms with van der Waals surface area (Å²) >= 11 is 0. The Morgan fingerprint density at radius 3 is 2.93 bits per heavy atom. The van der Waals surface area contributed by atoms with E-state index in [4.69, 9.17) is 9.47 Å². The van der Waals surface area contributed by atoms with Gasteiger partial charge < -0.3 is 20.1 Å². The van der Waals surface area contributed by atoms with Crippen LogP contribution in [0.25, 0.3) is 0 Å². The minimum absolute atomic E-state index is 0.103. The summed E-state index contributed by atoms with van der Waals surface area (Å²) in [5.41, 5.74) is 1.77. The van der Waals surface area contributed by atoms with Gasteiger partial charge in [0, 0.05) is 31.1 Å². The van der Waals surface area contributed by atoms with Crippen LogP contribution in [0.1, 0.15) is 24.2 Å². The first-order chi connectivity index (χ1) is 13.5. The van der Waals surface area contributed by atoms with Crippen molar-refractivity contribution in [3.63, 3.8) is 0 Å². The molecule has 3 rings (SSSR count). The predicted octanol–water partition coefficient (Wildman–Crippen LogP) is 2.24. The highest BCUT2D eigenvalue weighted by atomic mass is 16.5. The number of benzene rings is 1. The number of carbonyl (C=O) groups is 1. The first kappa shape index (κ1) is 19.9. The van der Waals surface area contributed by atoms with Crippen molar-refractivity contribution in [1.29, 1.82) is 0 Å². The second-order valence-electron chi connectivity index (χ2n) is 6.80. The van der Waals surface area contributed by atoms with Gasteiger partial charge in [-0.05, 0) is 44.9 Å². The second-order valence-corrected chi connectivity index (χ2v) is 6.80. The van der Waals surface area contributed by atoms with Gasteiger partial charge in [-0.1, -0.05) is 12.1 Å². The van der Waals surface area contributed by atoms with E-state index in [1.54, 1.807) is 13.0 Å². The van der Waals surface area contributed by atoms with Crippen LogP contribution in [0.2, 0.25) is 0 Å². The molecule has 8 nitrogen and oxygen atoms in total. The largest absolute Gasteiger partial charge is 0.489 e. The molecule has 2 N–H and O–H groups in total. The first-order valence-electron chi connectivity index (χ1n) is 9.46. The zero-order valence-corrected chi connectivity index (χ0v) is 16.2. The van der Waals surface area contributed by atoms with Crippen LogP contribution in [-0.2, 0) is 11.3 Å². The van der Waals surface area contributed by atoms with E-state index in [2.05, 4.69) is 15.6 Å². The van der Waals surface area contributed by atoms with Crippen molar-refractivity contribution in [3.05, 3.63) is 52.2 Å². The number of hydrogen-bond donors (Lipinski definition) is 2. The van der Waals surface area contributed by atoms with E-state index in [-0.39, 0.29) is 17.8 Å². The molecule has 1 fully saturated rings. The van der Waals surface area contributed by atoms with E-state index >= 15 is 0 Å². The third-order valence-electron chi connectivity index (χ3n) is 4.55. The Hall–Kier alpha value is -2.87. The monoisotopic (exact) mass is 386 g/mol. The lowest BCUT2D eigenvalue weighted by Gasteiger charge is -2.15. The fraction of sp³-hybridized carbons (Fsp3) is 0.450. The molecule has 1 atom stereocenters. The van der Waals surface area contributed by atoms with Gasteiger partial charge in [0.15, 0.2) is 0 Å². The molecule has 1 aliphatic heterocycles. The number of para-hydroxylation sites is 2. The molecule has 0 bridgehead atoms. The van der Waals surface area contributed by atoms with Crippen molar-refractivity contribution in [3.8, 4) is 5.75 Å². The van der Waals surface area contributed by atoms with Crippen molar-refractivity contribution < 1.29 is 14.3 Å². The number of nitrogens with zero attached hydrogens (tertiary/aromatic N) is 2. The van der Waals surface area contributed by atoms with Crippen molar-refractivity contribution in [2.75, 3.05) is 25.1 Å². The quantitative estimate of drug-likeness (QED) is 0.761. The molecule has 0 unspecified atom stereocenters. The lowest BCUT2D eigenvalue weighted by molar-refractivity contribution is 0.0682. The van der Waals surface area contributed by atoms with Gasteiger partial charge in [-0.3, -0.25) is 4.57 Å². The minimum Gasteiger partial charge on any atom is -0.489 e. The first-order valence-corrected chi connectivity index (χ1v) is 9.46. The maximum atomic E-state index is 12.2. The molecule has 2 heterocycles. The summed E-state index contributed by atoms with van der Waals surface area (Å²) in [6.45, 7) is 5.51. The summed E-state index contributed by atoms with van der Waals surface area (Å²) in [6.07, 6.45) is 2.14. The van der Waals surface area contributed by atoms with Crippen molar-refractivity contribution >= 4 is 11.7 Å². The highest BCUT2D eigenvalue weighted by molar-refractivity contribution is 5.90. The number of aryl methyl sites for hydroxylation is 2. The highest BCUT2D eigenvalue weighted by Gasteiger charge is 2.17. The smallest absolute Gasteiger partial charge is 0.348 e. The Bertz CT molecular complexity index is 875. The summed E-state index contributed by atoms with van der Waals surface area (Å²) in [4.78, 5) is 28.1. The summed E-state index contributed by atoms with van der Waals surface area (Å²) in [7, 11) is 0. The number of aromatic nitrogens is 2. The van der Waals surface area contributed by atoms with Gasteiger partial charge in [-0.15, -0.1) is 0 Å². The number of nitrogens with one attached hydrogen (secondary N) is 2. The Morgan fingerprint density at radius 1 is 1.36 bits per heavy atom. The van der Waals surface area contributed by atoms with Crippen molar-refractivity contribution in [2.45, 2.75) is 39.3 Å². The second kappa shape index (κ2) is 9.36. The summed E-state index contributed by atoms with van der Waals surface area (Å²) in [5, 5.41) is 5.55. The highest BCUT2D eigenvalue weighted by Crippen LogP contribution is 2.24. The maximum Gasteiger partial charge on any atom is 0.348 e. The zero-order valence-electron chi connectivity index (χ0n) is 16.2. The zero-order chi connectivity index (χ0) is 19.9. The lowest BCUT2D eigenvalue weighted by Crippen LogP contribution is -2.35. The van der Waals surface area contributed by atoms with Crippen LogP contribution in [0.4, 0.5) is 10.5 Å². The minimum atomic E-state index is -0.362. The van der Waals surface area contributed by atoms with E-state index in [0.29, 0.717) is 36.8 Å². The normalized spacial score (nSPS) is 16.0. The lowest BCUT2D eigenvalue weighted by atomic mass is 10.2. The van der Waals surface area contributed by atoms with Gasteiger partial charge in [-0.2, -0.15) is 4.98 Å². The van der Waals surface area contributed by atoms with Crippen molar-refractivity contribution in [2.24, 2.45) is 0 Å². The molecule has 8 heteroatoms. The Kier molecular flexibility index (Phi) is 6.65. The fourth-order valence-electron chi connectivity index (χ4n) is 3.15. The molecular weight excluding hydrogens is 360 g/mol. The van der Waals surface area contributed by atoms with Crippen LogP contribution in [0.5, 0.6) is 5.75 Å². The van der Waals surface area contributed by atoms with Gasteiger partial charge in [0.1, 0.15) is 12.4 Å². The third-order valence-corrected chi connectivity index (χ3v) is 4.55. The number of ether oxygens (including phenoxy) is 2. The Balaban J connectivity index is 1.51. The molecule has 0 aliphatic carbocycles. The van der Waals surface area contributed by atoms with Gasteiger partial charge in [-0.25, -0.2) is 9.59 Å². The SMILES string of the molecule is Cc1cc(C)n(CCNC(=O)Nc2ccccc2OC[C@H]2CCCO2)c(=O)n1. The average Bonchev–Trinajstić information content (AvgIpc) is 3.17. The maximum absolute atomic E-state index is 12.2. The van der Waals surface area contributed by atoms with Gasteiger partial charge in [0.05, 0.1) is 11.8 Å². The van der Waals surface area contributed by atoms with Crippen LogP contribution in [0.15, 0.2) is 35.1 Å². The molecule has 150 valence electrons. The van der Waals surface area contributed by atoms with E-state index in [0.717, 1.165) is 25.1 Å². The number of urea groups is 1. The summed E-state index contributed by atoms with van der Waals surface area (Å²) in [5.74, 6) is 0.600. The number of rotatable bonds is 7. The van der Waals surface area contributed by atoms with E-state index in [9.17, 15) is 9.59 Å². The molecule has 1 aromatic carbocycles. The molecule has 2 amide bonds. The molecule has 28 heavy (non-hydrogen) atoms. The standard InChI is InChI=1S/C20H26N4O4/c1-14-12-15(2)24(20(26)22-14)10-9-21-19(25)23-17-7-3-4-8-18(17)28-13-16-6-5-11-27-16/h3-4,7-8,12,16H,5-6,9-11,13H2,1-2H3,(H2,21,23,25)/t16-/m1/s1. The predicted molar refractivity (Wildman–Crippen MR) is 106 cm³/mol. The van der Waals surface area contributed by atoms with E-state index < -0.39 is 0 Å². The Labute approximate surface area is 163 Å². The van der Waals surface area contributed by atoms with Crippen LogP contribution < -0.4 is 21.1 Å². The molecule has 0 spiro atoms. The van der Waals surface area contributed by atoms with Crippen LogP contribution >= 0.6 is 0 Å². The van der Waals surface area contributed by atoms with Gasteiger partial charge >= 0.3 is 11.7 Å². The number of amides is 2. The van der Waals surface area contributed by atoms with Gasteiger partial charge in [0.2, 0.25) is 0 Å². The van der Waals surface area contributed by atoms with E-state index in [1.165, 1.54) is 4.57 Å². The fourth-order valence-corrected chi connectivity index (χ4v) is 3.15. The molecule has 0 radical (unpaired) electrons. The molecule has 1 aromatic heterocycles. The van der Waals surface area contributed by atoms with Crippen molar-refractivity contribution in [1.82, 2.24) is 14.9 Å². The average molecular weight is 386 g/mol. The Morgan fingerprint density at radius 2 is 2.18 bits per heavy atom. The molecule has 0 saturated carbocycles. The van der Waals surface area contributed by atoms with Crippen LogP contribution in [0.3, 0.4) is 0 Å². The summed E-state index contributed by atoms with van der Waals surface area (Å²) in [6, 6.07) is 8.75. The molecular formula is C20H26N4O4. The molecule has 1 aliphatic rings. The molecule has 1 saturated heterocycles.